The maximum Gasteiger partial charge on any atom is 0.163 e. The smallest absolute Gasteiger partial charge is 0.163 e. The van der Waals surface area contributed by atoms with Crippen LogP contribution in [0.3, 0.4) is 0 Å². The molecular weight excluding hydrogens is 300 g/mol. The number of carbonyl (C=O) groups excluding carboxylic acids is 2. The number of benzene rings is 2. The number of ketones is 2. The van der Waals surface area contributed by atoms with Crippen LogP contribution in [0.25, 0.3) is 0 Å². The summed E-state index contributed by atoms with van der Waals surface area (Å²) in [5.41, 5.74) is 1.75. The first-order valence-corrected chi connectivity index (χ1v) is 8.44. The Kier molecular flexibility index (Phi) is 5.09. The Morgan fingerprint density at radius 3 is 2.42 bits per heavy atom. The summed E-state index contributed by atoms with van der Waals surface area (Å²) in [6, 6.07) is 17.1. The number of hydrogen-bond donors (Lipinski definition) is 0. The maximum atomic E-state index is 12.7. The quantitative estimate of drug-likeness (QED) is 0.739. The van der Waals surface area contributed by atoms with Gasteiger partial charge in [0.2, 0.25) is 0 Å². The number of ether oxygens (including phenoxy) is 1. The summed E-state index contributed by atoms with van der Waals surface area (Å²) in [5.74, 6) is 1.04. The first kappa shape index (κ1) is 16.4. The molecular formula is C21H22O3. The maximum absolute atomic E-state index is 12.7. The van der Waals surface area contributed by atoms with Crippen molar-refractivity contribution in [1.29, 1.82) is 0 Å². The van der Waals surface area contributed by atoms with Crippen molar-refractivity contribution in [3.63, 3.8) is 0 Å². The van der Waals surface area contributed by atoms with Crippen LogP contribution in [0.5, 0.6) is 5.75 Å². The van der Waals surface area contributed by atoms with Crippen LogP contribution in [0.2, 0.25) is 0 Å². The normalized spacial score (nSPS) is 18.4. The zero-order valence-electron chi connectivity index (χ0n) is 13.9. The second kappa shape index (κ2) is 7.43. The summed E-state index contributed by atoms with van der Waals surface area (Å²) >= 11 is 0. The average molecular weight is 322 g/mol. The lowest BCUT2D eigenvalue weighted by Gasteiger charge is -2.22. The lowest BCUT2D eigenvalue weighted by Crippen LogP contribution is -2.20. The molecule has 0 spiro atoms. The van der Waals surface area contributed by atoms with Gasteiger partial charge in [-0.25, -0.2) is 0 Å². The molecule has 2 unspecified atom stereocenters. The van der Waals surface area contributed by atoms with Crippen LogP contribution in [-0.4, -0.2) is 18.7 Å². The molecule has 0 amide bonds. The topological polar surface area (TPSA) is 43.4 Å². The number of carbonyl (C=O) groups is 2. The number of methoxy groups -OCH3 is 1. The number of hydrogen-bond acceptors (Lipinski definition) is 3. The Labute approximate surface area is 142 Å². The van der Waals surface area contributed by atoms with E-state index in [1.54, 1.807) is 31.4 Å². The van der Waals surface area contributed by atoms with Gasteiger partial charge in [0.05, 0.1) is 7.11 Å². The molecule has 24 heavy (non-hydrogen) atoms. The minimum atomic E-state index is -0.0328. The standard InChI is InChI=1S/C21H22O3/c1-24-17-12-10-16(11-13-17)21(23)14-19(15-6-3-2-4-7-15)18-8-5-9-20(18)22/h2-4,6-7,10-13,18-19H,5,8-9,14H2,1H3. The van der Waals surface area contributed by atoms with Crippen LogP contribution in [0.15, 0.2) is 54.6 Å². The van der Waals surface area contributed by atoms with Crippen LogP contribution in [0.4, 0.5) is 0 Å². The molecule has 0 aliphatic heterocycles. The summed E-state index contributed by atoms with van der Waals surface area (Å²) in [7, 11) is 1.61. The summed E-state index contributed by atoms with van der Waals surface area (Å²) in [6.45, 7) is 0. The molecule has 3 rings (SSSR count). The van der Waals surface area contributed by atoms with Gasteiger partial charge in [0.1, 0.15) is 11.5 Å². The van der Waals surface area contributed by atoms with Gasteiger partial charge in [-0.2, -0.15) is 0 Å². The van der Waals surface area contributed by atoms with E-state index in [2.05, 4.69) is 0 Å². The second-order valence-electron chi connectivity index (χ2n) is 6.34. The molecule has 0 saturated heterocycles. The first-order chi connectivity index (χ1) is 11.7. The molecule has 2 aromatic carbocycles. The summed E-state index contributed by atoms with van der Waals surface area (Å²) in [6.07, 6.45) is 2.83. The van der Waals surface area contributed by atoms with E-state index < -0.39 is 0 Å². The van der Waals surface area contributed by atoms with Gasteiger partial charge in [0.25, 0.3) is 0 Å². The monoisotopic (exact) mass is 322 g/mol. The van der Waals surface area contributed by atoms with E-state index in [1.165, 1.54) is 0 Å². The van der Waals surface area contributed by atoms with Gasteiger partial charge in [-0.05, 0) is 42.7 Å². The van der Waals surface area contributed by atoms with Gasteiger partial charge in [-0.3, -0.25) is 9.59 Å². The minimum Gasteiger partial charge on any atom is -0.497 e. The van der Waals surface area contributed by atoms with Crippen LogP contribution in [0.1, 0.15) is 47.5 Å². The zero-order chi connectivity index (χ0) is 16.9. The third kappa shape index (κ3) is 3.56. The Morgan fingerprint density at radius 1 is 1.12 bits per heavy atom. The highest BCUT2D eigenvalue weighted by molar-refractivity contribution is 5.97. The Balaban J connectivity index is 1.83. The predicted molar refractivity (Wildman–Crippen MR) is 93.5 cm³/mol. The van der Waals surface area contributed by atoms with Crippen molar-refractivity contribution < 1.29 is 14.3 Å². The largest absolute Gasteiger partial charge is 0.497 e. The molecule has 3 heteroatoms. The fraction of sp³-hybridized carbons (Fsp3) is 0.333. The third-order valence-corrected chi connectivity index (χ3v) is 4.88. The molecule has 0 N–H and O–H groups in total. The molecule has 0 aromatic heterocycles. The van der Waals surface area contributed by atoms with Crippen LogP contribution in [0, 0.1) is 5.92 Å². The van der Waals surface area contributed by atoms with E-state index >= 15 is 0 Å². The molecule has 0 heterocycles. The van der Waals surface area contributed by atoms with Crippen molar-refractivity contribution >= 4 is 11.6 Å². The van der Waals surface area contributed by atoms with Crippen molar-refractivity contribution in [3.8, 4) is 5.75 Å². The van der Waals surface area contributed by atoms with Crippen LogP contribution in [-0.2, 0) is 4.79 Å². The number of rotatable bonds is 6. The predicted octanol–water partition coefficient (Wildman–Crippen LogP) is 4.42. The Bertz CT molecular complexity index is 704. The summed E-state index contributed by atoms with van der Waals surface area (Å²) < 4.78 is 5.14. The average Bonchev–Trinajstić information content (AvgIpc) is 3.06. The molecule has 1 aliphatic carbocycles. The molecule has 1 aliphatic rings. The van der Waals surface area contributed by atoms with Gasteiger partial charge >= 0.3 is 0 Å². The van der Waals surface area contributed by atoms with E-state index in [-0.39, 0.29) is 17.6 Å². The highest BCUT2D eigenvalue weighted by atomic mass is 16.5. The Morgan fingerprint density at radius 2 is 1.83 bits per heavy atom. The molecule has 0 bridgehead atoms. The van der Waals surface area contributed by atoms with Crippen LogP contribution < -0.4 is 4.74 Å². The van der Waals surface area contributed by atoms with E-state index in [4.69, 9.17) is 4.74 Å². The van der Waals surface area contributed by atoms with Gasteiger partial charge < -0.3 is 4.74 Å². The van der Waals surface area contributed by atoms with Crippen molar-refractivity contribution in [2.75, 3.05) is 7.11 Å². The lowest BCUT2D eigenvalue weighted by molar-refractivity contribution is -0.121. The van der Waals surface area contributed by atoms with Gasteiger partial charge in [-0.15, -0.1) is 0 Å². The van der Waals surface area contributed by atoms with Gasteiger partial charge in [0.15, 0.2) is 5.78 Å². The van der Waals surface area contributed by atoms with E-state index in [1.807, 2.05) is 30.3 Å². The number of Topliss-reactive ketones (excluding diaryl/α,β-unsaturated/α-hetero) is 2. The van der Waals surface area contributed by atoms with Crippen LogP contribution >= 0.6 is 0 Å². The molecule has 2 atom stereocenters. The SMILES string of the molecule is COc1ccc(C(=O)CC(c2ccccc2)C2CCCC2=O)cc1. The fourth-order valence-corrected chi connectivity index (χ4v) is 3.56. The molecule has 0 radical (unpaired) electrons. The van der Waals surface area contributed by atoms with Crippen molar-refractivity contribution in [2.24, 2.45) is 5.92 Å². The van der Waals surface area contributed by atoms with Crippen molar-refractivity contribution in [1.82, 2.24) is 0 Å². The highest BCUT2D eigenvalue weighted by Crippen LogP contribution is 2.38. The molecule has 1 saturated carbocycles. The third-order valence-electron chi connectivity index (χ3n) is 4.88. The minimum absolute atomic E-state index is 0.0317. The fourth-order valence-electron chi connectivity index (χ4n) is 3.56. The summed E-state index contributed by atoms with van der Waals surface area (Å²) in [5, 5.41) is 0. The van der Waals surface area contributed by atoms with Crippen molar-refractivity contribution in [3.05, 3.63) is 65.7 Å². The molecule has 3 nitrogen and oxygen atoms in total. The second-order valence-corrected chi connectivity index (χ2v) is 6.34. The van der Waals surface area contributed by atoms with E-state index in [9.17, 15) is 9.59 Å². The van der Waals surface area contributed by atoms with Crippen molar-refractivity contribution in [2.45, 2.75) is 31.6 Å². The zero-order valence-corrected chi connectivity index (χ0v) is 13.9. The molecule has 1 fully saturated rings. The first-order valence-electron chi connectivity index (χ1n) is 8.44. The van der Waals surface area contributed by atoms with Gasteiger partial charge in [-0.1, -0.05) is 30.3 Å². The lowest BCUT2D eigenvalue weighted by atomic mass is 9.80. The highest BCUT2D eigenvalue weighted by Gasteiger charge is 2.34. The Hall–Kier alpha value is -2.42. The van der Waals surface area contributed by atoms with Gasteiger partial charge in [0, 0.05) is 30.2 Å². The molecule has 124 valence electrons. The molecule has 2 aromatic rings. The van der Waals surface area contributed by atoms with E-state index in [0.717, 1.165) is 24.2 Å². The van der Waals surface area contributed by atoms with E-state index in [0.29, 0.717) is 24.2 Å². The summed E-state index contributed by atoms with van der Waals surface area (Å²) in [4.78, 5) is 25.0.